The SMILES string of the molecule is CCOC(=O)CN[C@@H](c1ccccc1)c1cc(Br)ccc1NC(=O)c1ccccc1. The Morgan fingerprint density at radius 2 is 1.63 bits per heavy atom. The van der Waals surface area contributed by atoms with Crippen LogP contribution in [0.5, 0.6) is 0 Å². The molecule has 0 aliphatic heterocycles. The lowest BCUT2D eigenvalue weighted by Gasteiger charge is -2.23. The van der Waals surface area contributed by atoms with Crippen LogP contribution in [0.25, 0.3) is 0 Å². The van der Waals surface area contributed by atoms with E-state index in [-0.39, 0.29) is 24.5 Å². The van der Waals surface area contributed by atoms with E-state index in [1.807, 2.05) is 66.7 Å². The minimum Gasteiger partial charge on any atom is -0.465 e. The van der Waals surface area contributed by atoms with Crippen LogP contribution >= 0.6 is 15.9 Å². The van der Waals surface area contributed by atoms with E-state index in [0.29, 0.717) is 17.9 Å². The van der Waals surface area contributed by atoms with Crippen LogP contribution in [0.15, 0.2) is 83.3 Å². The molecule has 0 spiro atoms. The Morgan fingerprint density at radius 1 is 0.967 bits per heavy atom. The average Bonchev–Trinajstić information content (AvgIpc) is 2.77. The number of carbonyl (C=O) groups excluding carboxylic acids is 2. The molecule has 0 fully saturated rings. The molecule has 0 radical (unpaired) electrons. The summed E-state index contributed by atoms with van der Waals surface area (Å²) in [7, 11) is 0. The molecule has 0 bridgehead atoms. The van der Waals surface area contributed by atoms with E-state index in [2.05, 4.69) is 26.6 Å². The predicted octanol–water partition coefficient (Wildman–Crippen LogP) is 4.94. The molecule has 0 aromatic heterocycles. The van der Waals surface area contributed by atoms with Gasteiger partial charge < -0.3 is 10.1 Å². The molecule has 154 valence electrons. The van der Waals surface area contributed by atoms with Crippen LogP contribution in [-0.4, -0.2) is 25.0 Å². The summed E-state index contributed by atoms with van der Waals surface area (Å²) in [5.41, 5.74) is 3.04. The summed E-state index contributed by atoms with van der Waals surface area (Å²) in [4.78, 5) is 24.7. The first-order valence-corrected chi connectivity index (χ1v) is 10.5. The highest BCUT2D eigenvalue weighted by Gasteiger charge is 2.20. The van der Waals surface area contributed by atoms with Crippen molar-refractivity contribution >= 4 is 33.5 Å². The summed E-state index contributed by atoms with van der Waals surface area (Å²) in [6.45, 7) is 2.15. The summed E-state index contributed by atoms with van der Waals surface area (Å²) in [5.74, 6) is -0.528. The van der Waals surface area contributed by atoms with E-state index >= 15 is 0 Å². The zero-order valence-electron chi connectivity index (χ0n) is 16.6. The number of hydrogen-bond acceptors (Lipinski definition) is 4. The van der Waals surface area contributed by atoms with Crippen molar-refractivity contribution in [3.8, 4) is 0 Å². The van der Waals surface area contributed by atoms with Crippen LogP contribution in [0, 0.1) is 0 Å². The number of anilines is 1. The van der Waals surface area contributed by atoms with Crippen molar-refractivity contribution in [2.75, 3.05) is 18.5 Å². The lowest BCUT2D eigenvalue weighted by molar-refractivity contribution is -0.142. The second-order valence-electron chi connectivity index (χ2n) is 6.58. The van der Waals surface area contributed by atoms with Crippen molar-refractivity contribution in [1.82, 2.24) is 5.32 Å². The van der Waals surface area contributed by atoms with E-state index < -0.39 is 0 Å². The molecular weight excluding hydrogens is 444 g/mol. The van der Waals surface area contributed by atoms with Gasteiger partial charge in [0.2, 0.25) is 0 Å². The smallest absolute Gasteiger partial charge is 0.319 e. The maximum absolute atomic E-state index is 12.7. The number of esters is 1. The van der Waals surface area contributed by atoms with Crippen LogP contribution < -0.4 is 10.6 Å². The van der Waals surface area contributed by atoms with E-state index in [1.165, 1.54) is 0 Å². The number of rotatable bonds is 8. The molecule has 2 N–H and O–H groups in total. The van der Waals surface area contributed by atoms with Gasteiger partial charge in [-0.2, -0.15) is 0 Å². The fraction of sp³-hybridized carbons (Fsp3) is 0.167. The molecule has 0 aliphatic rings. The number of amides is 1. The average molecular weight is 467 g/mol. The van der Waals surface area contributed by atoms with Gasteiger partial charge in [0.25, 0.3) is 5.91 Å². The predicted molar refractivity (Wildman–Crippen MR) is 121 cm³/mol. The van der Waals surface area contributed by atoms with Gasteiger partial charge in [0.1, 0.15) is 0 Å². The number of halogens is 1. The van der Waals surface area contributed by atoms with Crippen molar-refractivity contribution in [2.45, 2.75) is 13.0 Å². The third-order valence-corrected chi connectivity index (χ3v) is 4.99. The van der Waals surface area contributed by atoms with Crippen molar-refractivity contribution in [2.24, 2.45) is 0 Å². The first-order chi connectivity index (χ1) is 14.6. The summed E-state index contributed by atoms with van der Waals surface area (Å²) >= 11 is 3.52. The zero-order chi connectivity index (χ0) is 21.3. The first kappa shape index (κ1) is 21.7. The lowest BCUT2D eigenvalue weighted by atomic mass is 9.96. The van der Waals surface area contributed by atoms with Crippen molar-refractivity contribution in [3.63, 3.8) is 0 Å². The Hall–Kier alpha value is -2.96. The molecule has 3 rings (SSSR count). The van der Waals surface area contributed by atoms with E-state index in [4.69, 9.17) is 4.74 Å². The fourth-order valence-corrected chi connectivity index (χ4v) is 3.50. The number of hydrogen-bond donors (Lipinski definition) is 2. The fourth-order valence-electron chi connectivity index (χ4n) is 3.12. The van der Waals surface area contributed by atoms with Gasteiger partial charge in [-0.25, -0.2) is 0 Å². The highest BCUT2D eigenvalue weighted by atomic mass is 79.9. The van der Waals surface area contributed by atoms with Gasteiger partial charge in [-0.1, -0.05) is 64.5 Å². The Kier molecular flexibility index (Phi) is 7.76. The monoisotopic (exact) mass is 466 g/mol. The van der Waals surface area contributed by atoms with Gasteiger partial charge in [-0.05, 0) is 48.4 Å². The van der Waals surface area contributed by atoms with E-state index in [1.54, 1.807) is 19.1 Å². The molecule has 3 aromatic rings. The second kappa shape index (κ2) is 10.7. The van der Waals surface area contributed by atoms with Gasteiger partial charge in [0.15, 0.2) is 0 Å². The first-order valence-electron chi connectivity index (χ1n) is 9.68. The van der Waals surface area contributed by atoms with Crippen LogP contribution in [0.1, 0.15) is 34.5 Å². The van der Waals surface area contributed by atoms with E-state index in [9.17, 15) is 9.59 Å². The Balaban J connectivity index is 1.94. The van der Waals surface area contributed by atoms with Crippen molar-refractivity contribution in [1.29, 1.82) is 0 Å². The number of benzene rings is 3. The molecule has 1 atom stereocenters. The van der Waals surface area contributed by atoms with Gasteiger partial charge in [-0.3, -0.25) is 14.9 Å². The van der Waals surface area contributed by atoms with Crippen LogP contribution in [0.3, 0.4) is 0 Å². The quantitative estimate of drug-likeness (QED) is 0.461. The molecule has 1 amide bonds. The van der Waals surface area contributed by atoms with E-state index in [0.717, 1.165) is 15.6 Å². The second-order valence-corrected chi connectivity index (χ2v) is 7.50. The molecule has 0 saturated carbocycles. The summed E-state index contributed by atoms with van der Waals surface area (Å²) < 4.78 is 5.93. The van der Waals surface area contributed by atoms with Gasteiger partial charge in [0.05, 0.1) is 19.2 Å². The molecule has 0 aliphatic carbocycles. The molecule has 0 saturated heterocycles. The highest BCUT2D eigenvalue weighted by molar-refractivity contribution is 9.10. The maximum atomic E-state index is 12.7. The van der Waals surface area contributed by atoms with Gasteiger partial charge in [-0.15, -0.1) is 0 Å². The highest BCUT2D eigenvalue weighted by Crippen LogP contribution is 2.31. The Bertz CT molecular complexity index is 994. The Morgan fingerprint density at radius 3 is 2.30 bits per heavy atom. The molecule has 5 nitrogen and oxygen atoms in total. The lowest BCUT2D eigenvalue weighted by Crippen LogP contribution is -2.30. The molecular formula is C24H23BrN2O3. The van der Waals surface area contributed by atoms with Crippen molar-refractivity contribution < 1.29 is 14.3 Å². The maximum Gasteiger partial charge on any atom is 0.319 e. The zero-order valence-corrected chi connectivity index (χ0v) is 18.2. The standard InChI is InChI=1S/C24H23BrN2O3/c1-2-30-22(28)16-26-23(17-9-5-3-6-10-17)20-15-19(25)13-14-21(20)27-24(29)18-11-7-4-8-12-18/h3-15,23,26H,2,16H2,1H3,(H,27,29)/t23-/m0/s1. The number of ether oxygens (including phenoxy) is 1. The largest absolute Gasteiger partial charge is 0.465 e. The summed E-state index contributed by atoms with van der Waals surface area (Å²) in [6.07, 6.45) is 0. The third kappa shape index (κ3) is 5.78. The molecule has 30 heavy (non-hydrogen) atoms. The molecule has 0 heterocycles. The van der Waals surface area contributed by atoms with Gasteiger partial charge in [0, 0.05) is 15.7 Å². The minimum atomic E-state index is -0.330. The summed E-state index contributed by atoms with van der Waals surface area (Å²) in [5, 5.41) is 6.27. The van der Waals surface area contributed by atoms with Crippen LogP contribution in [0.2, 0.25) is 0 Å². The normalized spacial score (nSPS) is 11.5. The topological polar surface area (TPSA) is 67.4 Å². The molecule has 6 heteroatoms. The van der Waals surface area contributed by atoms with Crippen molar-refractivity contribution in [3.05, 3.63) is 100 Å². The number of carbonyl (C=O) groups is 2. The molecule has 0 unspecified atom stereocenters. The van der Waals surface area contributed by atoms with Gasteiger partial charge >= 0.3 is 5.97 Å². The Labute approximate surface area is 184 Å². The number of nitrogens with one attached hydrogen (secondary N) is 2. The molecule has 3 aromatic carbocycles. The van der Waals surface area contributed by atoms with Crippen LogP contribution in [0.4, 0.5) is 5.69 Å². The summed E-state index contributed by atoms with van der Waals surface area (Å²) in [6, 6.07) is 24.2. The minimum absolute atomic E-state index is 0.0476. The third-order valence-electron chi connectivity index (χ3n) is 4.50. The van der Waals surface area contributed by atoms with Crippen LogP contribution in [-0.2, 0) is 9.53 Å².